The minimum atomic E-state index is -0.439. The molecule has 0 amide bonds. The fourth-order valence-electron chi connectivity index (χ4n) is 3.46. The second-order valence-corrected chi connectivity index (χ2v) is 7.44. The highest BCUT2D eigenvalue weighted by Crippen LogP contribution is 2.63. The van der Waals surface area contributed by atoms with Crippen LogP contribution in [0.5, 0.6) is 0 Å². The van der Waals surface area contributed by atoms with Gasteiger partial charge in [-0.2, -0.15) is 0 Å². The van der Waals surface area contributed by atoms with Crippen molar-refractivity contribution in [1.29, 1.82) is 0 Å². The first-order valence-corrected chi connectivity index (χ1v) is 7.94. The van der Waals surface area contributed by atoms with Gasteiger partial charge in [-0.1, -0.05) is 38.0 Å². The first kappa shape index (κ1) is 12.6. The maximum absolute atomic E-state index is 11.2. The van der Waals surface area contributed by atoms with Crippen LogP contribution in [0.3, 0.4) is 0 Å². The van der Waals surface area contributed by atoms with E-state index in [1.165, 1.54) is 37.0 Å². The van der Waals surface area contributed by atoms with E-state index in [0.717, 1.165) is 6.42 Å². The predicted molar refractivity (Wildman–Crippen MR) is 76.8 cm³/mol. The van der Waals surface area contributed by atoms with Crippen LogP contribution in [0, 0.1) is 5.92 Å². The van der Waals surface area contributed by atoms with Crippen LogP contribution >= 0.6 is 11.8 Å². The van der Waals surface area contributed by atoms with Gasteiger partial charge in [0.15, 0.2) is 0 Å². The monoisotopic (exact) mass is 262 g/mol. The Morgan fingerprint density at radius 3 is 2.44 bits per heavy atom. The molecule has 0 bridgehead atoms. The molecule has 2 atom stereocenters. The average molecular weight is 262 g/mol. The van der Waals surface area contributed by atoms with Crippen molar-refractivity contribution in [3.8, 4) is 0 Å². The molecule has 0 aromatic heterocycles. The summed E-state index contributed by atoms with van der Waals surface area (Å²) in [6.07, 6.45) is 7.01. The third-order valence-electron chi connectivity index (χ3n) is 4.81. The first-order chi connectivity index (χ1) is 8.66. The van der Waals surface area contributed by atoms with E-state index >= 15 is 0 Å². The van der Waals surface area contributed by atoms with E-state index in [-0.39, 0.29) is 4.75 Å². The second kappa shape index (κ2) is 4.57. The van der Waals surface area contributed by atoms with E-state index in [1.807, 2.05) is 11.8 Å². The van der Waals surface area contributed by atoms with Crippen molar-refractivity contribution in [2.45, 2.75) is 60.7 Å². The molecule has 0 saturated heterocycles. The minimum Gasteiger partial charge on any atom is -0.388 e. The summed E-state index contributed by atoms with van der Waals surface area (Å²) in [5.74, 6) is 0.449. The zero-order valence-corrected chi connectivity index (χ0v) is 11.9. The van der Waals surface area contributed by atoms with Gasteiger partial charge in [0.2, 0.25) is 0 Å². The van der Waals surface area contributed by atoms with Crippen molar-refractivity contribution in [1.82, 2.24) is 0 Å². The summed E-state index contributed by atoms with van der Waals surface area (Å²) in [6, 6.07) is 10.6. The molecule has 2 heteroatoms. The zero-order chi connectivity index (χ0) is 12.6. The summed E-state index contributed by atoms with van der Waals surface area (Å²) in [5.41, 5.74) is -0.439. The fourth-order valence-corrected chi connectivity index (χ4v) is 4.99. The van der Waals surface area contributed by atoms with Crippen molar-refractivity contribution >= 4 is 11.8 Å². The normalized spacial score (nSPS) is 34.2. The molecule has 0 aliphatic heterocycles. The molecule has 98 valence electrons. The van der Waals surface area contributed by atoms with Crippen molar-refractivity contribution in [2.75, 3.05) is 0 Å². The highest BCUT2D eigenvalue weighted by molar-refractivity contribution is 8.01. The Morgan fingerprint density at radius 2 is 1.83 bits per heavy atom. The molecule has 2 aliphatic carbocycles. The molecule has 1 N–H and O–H groups in total. The Hall–Kier alpha value is -0.470. The summed E-state index contributed by atoms with van der Waals surface area (Å²) in [5, 5.41) is 11.2. The Balaban J connectivity index is 1.82. The number of rotatable bonds is 3. The molecule has 1 nitrogen and oxygen atoms in total. The van der Waals surface area contributed by atoms with E-state index in [1.54, 1.807) is 0 Å². The average Bonchev–Trinajstić information content (AvgIpc) is 3.16. The quantitative estimate of drug-likeness (QED) is 0.878. The maximum atomic E-state index is 11.2. The summed E-state index contributed by atoms with van der Waals surface area (Å²) in [7, 11) is 0. The molecule has 1 aromatic rings. The Bertz CT molecular complexity index is 412. The van der Waals surface area contributed by atoms with Gasteiger partial charge in [-0.15, -0.1) is 11.8 Å². The lowest BCUT2D eigenvalue weighted by molar-refractivity contribution is -0.0490. The van der Waals surface area contributed by atoms with Gasteiger partial charge in [-0.05, 0) is 43.7 Å². The SMILES string of the molecule is CC1CCCCC1(O)C1(Sc2ccccc2)CC1. The molecular weight excluding hydrogens is 240 g/mol. The number of hydrogen-bond acceptors (Lipinski definition) is 2. The van der Waals surface area contributed by atoms with Gasteiger partial charge in [0.05, 0.1) is 5.60 Å². The Kier molecular flexibility index (Phi) is 3.19. The smallest absolute Gasteiger partial charge is 0.0822 e. The van der Waals surface area contributed by atoms with Gasteiger partial charge in [0, 0.05) is 9.64 Å². The molecule has 0 heterocycles. The van der Waals surface area contributed by atoms with Gasteiger partial charge in [-0.25, -0.2) is 0 Å². The van der Waals surface area contributed by atoms with Crippen LogP contribution in [0.25, 0.3) is 0 Å². The Labute approximate surface area is 114 Å². The summed E-state index contributed by atoms with van der Waals surface area (Å²) < 4.78 is 0.105. The topological polar surface area (TPSA) is 20.2 Å². The molecule has 2 aliphatic rings. The van der Waals surface area contributed by atoms with Crippen LogP contribution in [0.15, 0.2) is 35.2 Å². The molecular formula is C16H22OS. The standard InChI is InChI=1S/C16H22OS/c1-13-7-5-6-10-16(13,17)15(11-12-15)18-14-8-3-2-4-9-14/h2-4,8-9,13,17H,5-7,10-12H2,1H3. The molecule has 2 fully saturated rings. The highest BCUT2D eigenvalue weighted by atomic mass is 32.2. The first-order valence-electron chi connectivity index (χ1n) is 7.13. The van der Waals surface area contributed by atoms with E-state index in [0.29, 0.717) is 5.92 Å². The number of aliphatic hydroxyl groups is 1. The van der Waals surface area contributed by atoms with Gasteiger partial charge in [0.25, 0.3) is 0 Å². The second-order valence-electron chi connectivity index (χ2n) is 5.98. The van der Waals surface area contributed by atoms with Crippen LogP contribution in [-0.2, 0) is 0 Å². The lowest BCUT2D eigenvalue weighted by Gasteiger charge is -2.44. The van der Waals surface area contributed by atoms with Crippen molar-refractivity contribution in [3.05, 3.63) is 30.3 Å². The third-order valence-corrected chi connectivity index (χ3v) is 6.47. The lowest BCUT2D eigenvalue weighted by atomic mass is 9.73. The fraction of sp³-hybridized carbons (Fsp3) is 0.625. The lowest BCUT2D eigenvalue weighted by Crippen LogP contribution is -2.49. The zero-order valence-electron chi connectivity index (χ0n) is 11.1. The summed E-state index contributed by atoms with van der Waals surface area (Å²) >= 11 is 1.92. The summed E-state index contributed by atoms with van der Waals surface area (Å²) in [6.45, 7) is 2.24. The molecule has 2 unspecified atom stereocenters. The largest absolute Gasteiger partial charge is 0.388 e. The molecule has 3 rings (SSSR count). The van der Waals surface area contributed by atoms with Gasteiger partial charge in [-0.3, -0.25) is 0 Å². The van der Waals surface area contributed by atoms with Gasteiger partial charge >= 0.3 is 0 Å². The molecule has 2 saturated carbocycles. The van der Waals surface area contributed by atoms with Crippen molar-refractivity contribution < 1.29 is 5.11 Å². The highest BCUT2D eigenvalue weighted by Gasteiger charge is 2.61. The molecule has 0 spiro atoms. The number of hydrogen-bond donors (Lipinski definition) is 1. The van der Waals surface area contributed by atoms with Crippen LogP contribution < -0.4 is 0 Å². The van der Waals surface area contributed by atoms with E-state index in [4.69, 9.17) is 0 Å². The maximum Gasteiger partial charge on any atom is 0.0822 e. The van der Waals surface area contributed by atoms with Crippen molar-refractivity contribution in [2.24, 2.45) is 5.92 Å². The van der Waals surface area contributed by atoms with Crippen LogP contribution in [0.2, 0.25) is 0 Å². The Morgan fingerprint density at radius 1 is 1.11 bits per heavy atom. The minimum absolute atomic E-state index is 0.105. The summed E-state index contributed by atoms with van der Waals surface area (Å²) in [4.78, 5) is 1.31. The van der Waals surface area contributed by atoms with Gasteiger partial charge < -0.3 is 5.11 Å². The van der Waals surface area contributed by atoms with E-state index in [2.05, 4.69) is 37.3 Å². The molecule has 1 aromatic carbocycles. The van der Waals surface area contributed by atoms with Crippen LogP contribution in [-0.4, -0.2) is 15.5 Å². The van der Waals surface area contributed by atoms with E-state index in [9.17, 15) is 5.11 Å². The molecule has 18 heavy (non-hydrogen) atoms. The van der Waals surface area contributed by atoms with E-state index < -0.39 is 5.60 Å². The van der Waals surface area contributed by atoms with Crippen LogP contribution in [0.1, 0.15) is 45.4 Å². The van der Waals surface area contributed by atoms with Gasteiger partial charge in [0.1, 0.15) is 0 Å². The number of benzene rings is 1. The van der Waals surface area contributed by atoms with Crippen molar-refractivity contribution in [3.63, 3.8) is 0 Å². The number of thioether (sulfide) groups is 1. The molecule has 0 radical (unpaired) electrons. The predicted octanol–water partition coefficient (Wildman–Crippen LogP) is 4.25. The van der Waals surface area contributed by atoms with Crippen LogP contribution in [0.4, 0.5) is 0 Å². The third kappa shape index (κ3) is 2.00.